The number of carbonyl (C=O) groups excluding carboxylic acids is 9. The minimum Gasteiger partial charge on any atom is -0.449 e. The number of alkyl carbamates (subject to hydrolysis) is 2. The number of oxime groups is 1. The van der Waals surface area contributed by atoms with Gasteiger partial charge in [-0.1, -0.05) is 431 Å². The highest BCUT2D eigenvalue weighted by Gasteiger charge is 2.16. The highest BCUT2D eigenvalue weighted by molar-refractivity contribution is 6.12. The van der Waals surface area contributed by atoms with Gasteiger partial charge in [-0.25, -0.2) is 24.7 Å². The average Bonchev–Trinajstić information content (AvgIpc) is 1.71. The minimum absolute atomic E-state index is 0. The molecular formula is C98H236N12O15. The van der Waals surface area contributed by atoms with Crippen LogP contribution in [0.3, 0.4) is 0 Å². The fraction of sp³-hybridized carbons (Fsp3) is 0.806. The Morgan fingerprint density at radius 1 is 0.328 bits per heavy atom. The zero-order valence-electron chi connectivity index (χ0n) is 94.5. The van der Waals surface area contributed by atoms with Crippen molar-refractivity contribution in [2.24, 2.45) is 5.16 Å². The third-order valence-corrected chi connectivity index (χ3v) is 7.81. The van der Waals surface area contributed by atoms with Crippen molar-refractivity contribution in [2.45, 2.75) is 454 Å². The van der Waals surface area contributed by atoms with E-state index in [0.29, 0.717) is 32.6 Å². The van der Waals surface area contributed by atoms with Gasteiger partial charge in [0.05, 0.1) is 45.3 Å². The van der Waals surface area contributed by atoms with Crippen LogP contribution in [-0.4, -0.2) is 151 Å². The average molecular weight is 1820 g/mol. The van der Waals surface area contributed by atoms with Gasteiger partial charge >= 0.3 is 24.2 Å². The zero-order chi connectivity index (χ0) is 106. The monoisotopic (exact) mass is 1820 g/mol. The molecule has 0 aliphatic carbocycles. The predicted octanol–water partition coefficient (Wildman–Crippen LogP) is 29.4. The van der Waals surface area contributed by atoms with E-state index >= 15 is 0 Å². The Kier molecular flexibility index (Phi) is 482. The maximum atomic E-state index is 10.1. The van der Waals surface area contributed by atoms with Gasteiger partial charge in [-0.2, -0.15) is 0 Å². The number of fused-ring (bicyclic) bond motifs is 1. The number of urea groups is 2. The smallest absolute Gasteiger partial charge is 0.407 e. The van der Waals surface area contributed by atoms with Gasteiger partial charge in [0.2, 0.25) is 17.7 Å². The molecule has 0 bridgehead atoms. The molecular weight excluding hydrogens is 1590 g/mol. The SMILES string of the molecule is C.C1=NOCCC1.C1CNOC1.C1COCN1.CC.CC.CC.CC.CC.CC.CC.CC.CC.CC.CC.CC.CC.CC.CC.CC.CC.CC.CC.CC.CC.CC.CC.CC.CC.CC.CC.CC.CC.Cc1noc2ccccc12.O=C1C=CC(=O)N1.O=C1CCC(=O)N1.O=C1CNC(=O)N1.O=C1NCCCO1.O=C1NCCN1.O=C1NCCO1. The van der Waals surface area contributed by atoms with Crippen molar-refractivity contribution in [3.63, 3.8) is 0 Å². The van der Waals surface area contributed by atoms with Crippen molar-refractivity contribution in [2.75, 3.05) is 85.6 Å². The second-order valence-corrected chi connectivity index (χ2v) is 13.2. The number of benzene rings is 1. The topological polar surface area (TPSA) is 358 Å². The van der Waals surface area contributed by atoms with E-state index < -0.39 is 6.03 Å². The van der Waals surface area contributed by atoms with E-state index in [1.165, 1.54) is 18.6 Å². The van der Waals surface area contributed by atoms with Crippen LogP contribution >= 0.6 is 0 Å². The number of amides is 11. The minimum atomic E-state index is -0.398. The van der Waals surface area contributed by atoms with Crippen molar-refractivity contribution in [3.8, 4) is 0 Å². The predicted molar refractivity (Wildman–Crippen MR) is 567 cm³/mol. The lowest BCUT2D eigenvalue weighted by Crippen LogP contribution is -2.31. The molecule has 0 radical (unpaired) electrons. The van der Waals surface area contributed by atoms with Crippen LogP contribution < -0.4 is 53.3 Å². The van der Waals surface area contributed by atoms with Crippen molar-refractivity contribution in [3.05, 3.63) is 42.1 Å². The molecule has 27 nitrogen and oxygen atoms in total. The first-order valence-electron chi connectivity index (χ1n) is 49.8. The van der Waals surface area contributed by atoms with E-state index in [-0.39, 0.29) is 61.7 Å². The number of imide groups is 3. The number of carbonyl (C=O) groups is 9. The van der Waals surface area contributed by atoms with Crippen LogP contribution in [0.15, 0.2) is 46.1 Å². The molecule has 2 aromatic rings. The number of aryl methyl sites for hydroxylation is 1. The van der Waals surface area contributed by atoms with Crippen molar-refractivity contribution < 1.29 is 71.6 Å². The van der Waals surface area contributed by atoms with E-state index in [1.807, 2.05) is 443 Å². The summed E-state index contributed by atoms with van der Waals surface area (Å²) in [5.74, 6) is -1.21. The molecule has 27 heteroatoms. The van der Waals surface area contributed by atoms with Crippen molar-refractivity contribution >= 4 is 71.0 Å². The number of cyclic esters (lactones) is 2. The van der Waals surface area contributed by atoms with Crippen molar-refractivity contribution in [1.29, 1.82) is 0 Å². The Hall–Kier alpha value is -7.23. The lowest BCUT2D eigenvalue weighted by atomic mass is 10.2. The van der Waals surface area contributed by atoms with Gasteiger partial charge in [0.1, 0.15) is 13.2 Å². The van der Waals surface area contributed by atoms with Crippen LogP contribution in [0, 0.1) is 6.92 Å². The Labute approximate surface area is 784 Å². The quantitative estimate of drug-likeness (QED) is 0.0865. The summed E-state index contributed by atoms with van der Waals surface area (Å²) >= 11 is 0. The van der Waals surface area contributed by atoms with Crippen molar-refractivity contribution in [1.82, 2.24) is 58.5 Å². The molecule has 0 saturated carbocycles. The number of nitrogens with zero attached hydrogens (tertiary/aromatic N) is 2. The molecule has 778 valence electrons. The van der Waals surface area contributed by atoms with E-state index in [1.54, 1.807) is 6.21 Å². The molecule has 11 amide bonds. The van der Waals surface area contributed by atoms with E-state index in [0.717, 1.165) is 95.2 Å². The summed E-state index contributed by atoms with van der Waals surface area (Å²) in [4.78, 5) is 99.8. The number of hydrogen-bond donors (Lipinski definition) is 10. The molecule has 11 rings (SSSR count). The highest BCUT2D eigenvalue weighted by Crippen LogP contribution is 2.15. The summed E-state index contributed by atoms with van der Waals surface area (Å²) in [7, 11) is 0. The number of hydroxylamine groups is 1. The molecule has 9 aliphatic heterocycles. The molecule has 10 N–H and O–H groups in total. The molecule has 0 atom stereocenters. The Morgan fingerprint density at radius 2 is 0.688 bits per heavy atom. The molecule has 9 aliphatic rings. The maximum Gasteiger partial charge on any atom is 0.407 e. The van der Waals surface area contributed by atoms with Gasteiger partial charge in [0.15, 0.2) is 5.58 Å². The standard InChI is InChI=1S/C8H7NO.C4H7NO2.C4H5NO2.C4H3NO2.C4H7NO.C3H4N2O2.C3H6N2O.C3H5NO2.2C3H7NO.29C2H6.CH4/c1-6-7-4-2-3-5-8(7)10-9-6;6-4-5-2-1-3-7-4;2*6-3-1-2-4(7)5-3;1-2-4-6-5-3-1;6-2-1-4-3(7)5-2;6-3-4-1-2-5-3;5-3-4-1-2-6-3;1-2-5-3-4-1;1-2-4-5-3-1;29*1-2;/h2-5H,1H3;1-3H2,(H,5,6);1-2H2,(H,5,6,7);1-2H,(H,5,6,7);3H,1-2,4H2;1H2,(H2,4,5,6,7);1-2H2,(H2,4,5,6);1-2H2,(H,4,5);2*4H,1-3H2;29*1-2H3;1H4. The van der Waals surface area contributed by atoms with Gasteiger partial charge < -0.3 is 55.0 Å². The normalized spacial score (nSPS) is 11.3. The Balaban J connectivity index is -0.0000000286. The van der Waals surface area contributed by atoms with E-state index in [4.69, 9.17) is 14.1 Å². The molecule has 1 aromatic carbocycles. The Bertz CT molecular complexity index is 1780. The summed E-state index contributed by atoms with van der Waals surface area (Å²) in [5, 5.41) is 30.1. The Morgan fingerprint density at radius 3 is 0.832 bits per heavy atom. The number of hydrogen-bond acceptors (Lipinski definition) is 19. The largest absolute Gasteiger partial charge is 0.449 e. The van der Waals surface area contributed by atoms with Crippen LogP contribution in [0.5, 0.6) is 0 Å². The van der Waals surface area contributed by atoms with E-state index in [9.17, 15) is 43.2 Å². The number of aromatic nitrogens is 1. The summed E-state index contributed by atoms with van der Waals surface area (Å²) in [6.07, 6.45) is 8.67. The molecule has 7 saturated heterocycles. The van der Waals surface area contributed by atoms with Gasteiger partial charge in [0.25, 0.3) is 11.8 Å². The van der Waals surface area contributed by atoms with Gasteiger partial charge in [-0.05, 0) is 44.7 Å². The summed E-state index contributed by atoms with van der Waals surface area (Å²) < 4.78 is 18.8. The summed E-state index contributed by atoms with van der Waals surface area (Å²) in [5.41, 5.74) is 4.54. The van der Waals surface area contributed by atoms with Gasteiger partial charge in [-0.15, -0.1) is 0 Å². The van der Waals surface area contributed by atoms with Crippen LogP contribution in [0.1, 0.15) is 453 Å². The number of ether oxygens (including phenoxy) is 3. The second kappa shape index (κ2) is 296. The third kappa shape index (κ3) is 254. The summed E-state index contributed by atoms with van der Waals surface area (Å²) in [6.45, 7) is 128. The number of nitrogens with one attached hydrogen (secondary N) is 10. The maximum absolute atomic E-state index is 10.1. The van der Waals surface area contributed by atoms with Crippen LogP contribution in [0.4, 0.5) is 19.2 Å². The first-order chi connectivity index (χ1) is 60.9. The van der Waals surface area contributed by atoms with Crippen LogP contribution in [0.2, 0.25) is 0 Å². The third-order valence-electron chi connectivity index (χ3n) is 7.81. The molecule has 0 spiro atoms. The highest BCUT2D eigenvalue weighted by atomic mass is 16.7. The van der Waals surface area contributed by atoms with Gasteiger partial charge in [-0.3, -0.25) is 45.2 Å². The fourth-order valence-corrected chi connectivity index (χ4v) is 4.61. The first kappa shape index (κ1) is 204. The van der Waals surface area contributed by atoms with E-state index in [2.05, 4.69) is 67.3 Å². The number of rotatable bonds is 0. The molecule has 10 heterocycles. The lowest BCUT2D eigenvalue weighted by Gasteiger charge is -2.10. The van der Waals surface area contributed by atoms with Crippen LogP contribution in [-0.2, 0) is 47.9 Å². The molecule has 125 heavy (non-hydrogen) atoms. The number of para-hydroxylation sites is 1. The molecule has 1 aromatic heterocycles. The first-order valence-corrected chi connectivity index (χ1v) is 49.8. The molecule has 7 fully saturated rings. The fourth-order valence-electron chi connectivity index (χ4n) is 4.61. The lowest BCUT2D eigenvalue weighted by molar-refractivity contribution is -0.125. The summed E-state index contributed by atoms with van der Waals surface area (Å²) in [6, 6.07) is 7.38. The molecule has 0 unspecified atom stereocenters. The van der Waals surface area contributed by atoms with Gasteiger partial charge in [0, 0.05) is 69.3 Å². The second-order valence-electron chi connectivity index (χ2n) is 13.2. The zero-order valence-corrected chi connectivity index (χ0v) is 94.5. The van der Waals surface area contributed by atoms with Crippen LogP contribution in [0.25, 0.3) is 11.0 Å².